The van der Waals surface area contributed by atoms with Crippen LogP contribution in [0, 0.1) is 5.92 Å². The van der Waals surface area contributed by atoms with Crippen molar-refractivity contribution in [2.24, 2.45) is 5.92 Å². The van der Waals surface area contributed by atoms with Gasteiger partial charge in [-0.05, 0) is 44.7 Å². The van der Waals surface area contributed by atoms with Gasteiger partial charge in [-0.25, -0.2) is 0 Å². The van der Waals surface area contributed by atoms with E-state index in [0.29, 0.717) is 17.2 Å². The number of rotatable bonds is 3. The third-order valence-corrected chi connectivity index (χ3v) is 3.60. The Morgan fingerprint density at radius 1 is 1.43 bits per heavy atom. The summed E-state index contributed by atoms with van der Waals surface area (Å²) in [5, 5.41) is 2.79. The molecule has 2 rings (SSSR count). The van der Waals surface area contributed by atoms with Crippen LogP contribution in [0.4, 0.5) is 0 Å². The summed E-state index contributed by atoms with van der Waals surface area (Å²) in [5.41, 5.74) is 0.826. The van der Waals surface area contributed by atoms with E-state index in [2.05, 4.69) is 17.2 Å². The largest absolute Gasteiger partial charge is 0.349 e. The molecule has 1 aliphatic heterocycles. The Balaban J connectivity index is 2.13. The van der Waals surface area contributed by atoms with E-state index in [9.17, 15) is 9.59 Å². The summed E-state index contributed by atoms with van der Waals surface area (Å²) >= 11 is 0. The highest BCUT2D eigenvalue weighted by atomic mass is 16.2. The van der Waals surface area contributed by atoms with Gasteiger partial charge in [-0.3, -0.25) is 14.6 Å². The minimum absolute atomic E-state index is 0.0115. The van der Waals surface area contributed by atoms with Crippen molar-refractivity contribution < 1.29 is 9.59 Å². The summed E-state index contributed by atoms with van der Waals surface area (Å²) in [6, 6.07) is 3.30. The number of hydrogen-bond acceptors (Lipinski definition) is 3. The highest BCUT2D eigenvalue weighted by molar-refractivity contribution is 5.98. The molecule has 0 aliphatic carbocycles. The first kappa shape index (κ1) is 15.5. The first-order valence-electron chi connectivity index (χ1n) is 7.53. The van der Waals surface area contributed by atoms with Gasteiger partial charge in [0, 0.05) is 30.9 Å². The molecule has 5 nitrogen and oxygen atoms in total. The van der Waals surface area contributed by atoms with Gasteiger partial charge in [-0.1, -0.05) is 6.92 Å². The van der Waals surface area contributed by atoms with Crippen LogP contribution in [-0.2, 0) is 0 Å². The minimum atomic E-state index is -0.244. The average molecular weight is 289 g/mol. The van der Waals surface area contributed by atoms with Crippen molar-refractivity contribution in [1.29, 1.82) is 0 Å². The topological polar surface area (TPSA) is 62.3 Å². The second-order valence-electron chi connectivity index (χ2n) is 6.06. The molecule has 1 saturated heterocycles. The van der Waals surface area contributed by atoms with Crippen molar-refractivity contribution in [3.05, 3.63) is 29.6 Å². The van der Waals surface area contributed by atoms with Gasteiger partial charge in [0.15, 0.2) is 0 Å². The van der Waals surface area contributed by atoms with Crippen LogP contribution in [0.1, 0.15) is 54.5 Å². The average Bonchev–Trinajstić information content (AvgIpc) is 2.46. The van der Waals surface area contributed by atoms with Gasteiger partial charge in [0.1, 0.15) is 5.69 Å². The van der Waals surface area contributed by atoms with Crippen LogP contribution >= 0.6 is 0 Å². The van der Waals surface area contributed by atoms with Crippen LogP contribution in [-0.4, -0.2) is 40.8 Å². The lowest BCUT2D eigenvalue weighted by molar-refractivity contribution is 0.0683. The van der Waals surface area contributed by atoms with Crippen molar-refractivity contribution in [1.82, 2.24) is 15.2 Å². The molecule has 114 valence electrons. The van der Waals surface area contributed by atoms with Gasteiger partial charge < -0.3 is 10.2 Å². The smallest absolute Gasteiger partial charge is 0.270 e. The van der Waals surface area contributed by atoms with Crippen LogP contribution in [0.5, 0.6) is 0 Å². The number of aromatic nitrogens is 1. The predicted molar refractivity (Wildman–Crippen MR) is 81.1 cm³/mol. The second kappa shape index (κ2) is 6.70. The normalized spacial score (nSPS) is 18.7. The molecule has 1 atom stereocenters. The van der Waals surface area contributed by atoms with Gasteiger partial charge in [-0.2, -0.15) is 0 Å². The fourth-order valence-corrected chi connectivity index (χ4v) is 2.58. The van der Waals surface area contributed by atoms with Crippen LogP contribution in [0.2, 0.25) is 0 Å². The van der Waals surface area contributed by atoms with E-state index >= 15 is 0 Å². The Bertz CT molecular complexity index is 528. The molecule has 1 unspecified atom stereocenters. The van der Waals surface area contributed by atoms with Gasteiger partial charge in [-0.15, -0.1) is 0 Å². The lowest BCUT2D eigenvalue weighted by Gasteiger charge is -2.31. The Labute approximate surface area is 125 Å². The maximum absolute atomic E-state index is 12.5. The molecule has 0 radical (unpaired) electrons. The fourth-order valence-electron chi connectivity index (χ4n) is 2.58. The standard InChI is InChI=1S/C16H23N3O2/c1-11(2)18-15(20)14-9-13(6-7-17-14)16(21)19-8-4-5-12(3)10-19/h6-7,9,11-12H,4-5,8,10H2,1-3H3,(H,18,20). The first-order chi connectivity index (χ1) is 9.97. The Morgan fingerprint density at radius 2 is 2.19 bits per heavy atom. The van der Waals surface area contributed by atoms with Crippen molar-refractivity contribution >= 4 is 11.8 Å². The molecule has 0 spiro atoms. The lowest BCUT2D eigenvalue weighted by Crippen LogP contribution is -2.39. The van der Waals surface area contributed by atoms with E-state index in [4.69, 9.17) is 0 Å². The van der Waals surface area contributed by atoms with Crippen molar-refractivity contribution in [2.75, 3.05) is 13.1 Å². The minimum Gasteiger partial charge on any atom is -0.349 e. The summed E-state index contributed by atoms with van der Waals surface area (Å²) in [7, 11) is 0. The van der Waals surface area contributed by atoms with Crippen LogP contribution < -0.4 is 5.32 Å². The third kappa shape index (κ3) is 4.03. The number of pyridine rings is 1. The van der Waals surface area contributed by atoms with E-state index in [1.54, 1.807) is 12.1 Å². The molecule has 0 bridgehead atoms. The van der Waals surface area contributed by atoms with Gasteiger partial charge >= 0.3 is 0 Å². The number of nitrogens with one attached hydrogen (secondary N) is 1. The van der Waals surface area contributed by atoms with E-state index in [1.165, 1.54) is 12.6 Å². The van der Waals surface area contributed by atoms with Crippen LogP contribution in [0.25, 0.3) is 0 Å². The Hall–Kier alpha value is -1.91. The Kier molecular flexibility index (Phi) is 4.94. The maximum Gasteiger partial charge on any atom is 0.270 e. The number of likely N-dealkylation sites (tertiary alicyclic amines) is 1. The van der Waals surface area contributed by atoms with Crippen molar-refractivity contribution in [3.63, 3.8) is 0 Å². The number of carbonyl (C=O) groups excluding carboxylic acids is 2. The number of carbonyl (C=O) groups is 2. The predicted octanol–water partition coefficient (Wildman–Crippen LogP) is 2.09. The molecule has 0 saturated carbocycles. The molecule has 1 fully saturated rings. The zero-order valence-corrected chi connectivity index (χ0v) is 12.9. The van der Waals surface area contributed by atoms with E-state index in [0.717, 1.165) is 19.5 Å². The molecule has 2 heterocycles. The molecule has 1 aromatic rings. The van der Waals surface area contributed by atoms with Crippen molar-refractivity contribution in [2.45, 2.75) is 39.7 Å². The molecule has 21 heavy (non-hydrogen) atoms. The van der Waals surface area contributed by atoms with Crippen LogP contribution in [0.3, 0.4) is 0 Å². The van der Waals surface area contributed by atoms with E-state index < -0.39 is 0 Å². The molecule has 1 N–H and O–H groups in total. The summed E-state index contributed by atoms with van der Waals surface area (Å²) in [4.78, 5) is 30.4. The van der Waals surface area contributed by atoms with Gasteiger partial charge in [0.25, 0.3) is 11.8 Å². The number of piperidine rings is 1. The SMILES string of the molecule is CC1CCCN(C(=O)c2ccnc(C(=O)NC(C)C)c2)C1. The molecular weight excluding hydrogens is 266 g/mol. The highest BCUT2D eigenvalue weighted by Gasteiger charge is 2.22. The molecule has 1 aromatic heterocycles. The first-order valence-corrected chi connectivity index (χ1v) is 7.53. The lowest BCUT2D eigenvalue weighted by atomic mass is 9.99. The number of amides is 2. The molecular formula is C16H23N3O2. The van der Waals surface area contributed by atoms with E-state index in [1.807, 2.05) is 18.7 Å². The summed E-state index contributed by atoms with van der Waals surface area (Å²) in [6.45, 7) is 7.52. The monoisotopic (exact) mass is 289 g/mol. The fraction of sp³-hybridized carbons (Fsp3) is 0.562. The van der Waals surface area contributed by atoms with Gasteiger partial charge in [0.2, 0.25) is 0 Å². The Morgan fingerprint density at radius 3 is 2.86 bits per heavy atom. The second-order valence-corrected chi connectivity index (χ2v) is 6.06. The zero-order chi connectivity index (χ0) is 15.4. The van der Waals surface area contributed by atoms with Gasteiger partial charge in [0.05, 0.1) is 0 Å². The zero-order valence-electron chi connectivity index (χ0n) is 12.9. The summed E-state index contributed by atoms with van der Waals surface area (Å²) in [6.07, 6.45) is 3.73. The molecule has 5 heteroatoms. The van der Waals surface area contributed by atoms with Crippen molar-refractivity contribution in [3.8, 4) is 0 Å². The maximum atomic E-state index is 12.5. The molecule has 0 aromatic carbocycles. The quantitative estimate of drug-likeness (QED) is 0.927. The molecule has 1 aliphatic rings. The molecule has 2 amide bonds. The summed E-state index contributed by atoms with van der Waals surface area (Å²) < 4.78 is 0. The van der Waals surface area contributed by atoms with Crippen LogP contribution in [0.15, 0.2) is 18.3 Å². The third-order valence-electron chi connectivity index (χ3n) is 3.60. The van der Waals surface area contributed by atoms with E-state index in [-0.39, 0.29) is 17.9 Å². The highest BCUT2D eigenvalue weighted by Crippen LogP contribution is 2.18. The summed E-state index contributed by atoms with van der Waals surface area (Å²) in [5.74, 6) is 0.280. The number of hydrogen-bond donors (Lipinski definition) is 1. The number of nitrogens with zero attached hydrogens (tertiary/aromatic N) is 2.